The Morgan fingerprint density at radius 1 is 1.17 bits per heavy atom. The summed E-state index contributed by atoms with van der Waals surface area (Å²) in [5, 5.41) is 18.6. The highest BCUT2D eigenvalue weighted by Crippen LogP contribution is 2.30. The third kappa shape index (κ3) is 7.26. The molecular weight excluding hydrogens is 508 g/mol. The van der Waals surface area contributed by atoms with Gasteiger partial charge in [0.2, 0.25) is 0 Å². The molecule has 3 heterocycles. The molecule has 1 aliphatic rings. The maximum atomic E-state index is 14.0. The topological polar surface area (TPSA) is 113 Å². The molecule has 2 aromatic heterocycles. The first-order valence-corrected chi connectivity index (χ1v) is 11.2. The predicted octanol–water partition coefficient (Wildman–Crippen LogP) is 4.71. The summed E-state index contributed by atoms with van der Waals surface area (Å²) in [6, 6.07) is 4.68. The van der Waals surface area contributed by atoms with Crippen LogP contribution in [0.1, 0.15) is 26.7 Å². The average molecular weight is 531 g/mol. The summed E-state index contributed by atoms with van der Waals surface area (Å²) in [7, 11) is 0. The molecule has 0 bridgehead atoms. The standard InChI is InChI=1S/C20H22ClFN6O.C2HF3O2/c1-12(2)25-19-20(27-17-11-24-23-10-16(17)26-19)28-7-5-14(6-8-28)29-18-4-3-13(21)9-15(18)22;3-2(4,5)1(6)7/h3-4,9-12,14H,5-8H2,1-2H3,(H,25,26);(H,6,7). The molecule has 0 radical (unpaired) electrons. The van der Waals surface area contributed by atoms with Gasteiger partial charge in [-0.1, -0.05) is 11.6 Å². The van der Waals surface area contributed by atoms with E-state index in [9.17, 15) is 17.6 Å². The highest BCUT2D eigenvalue weighted by Gasteiger charge is 2.38. The second-order valence-corrected chi connectivity index (χ2v) is 8.57. The van der Waals surface area contributed by atoms with E-state index in [1.54, 1.807) is 24.5 Å². The summed E-state index contributed by atoms with van der Waals surface area (Å²) >= 11 is 5.81. The van der Waals surface area contributed by atoms with E-state index in [0.717, 1.165) is 37.6 Å². The van der Waals surface area contributed by atoms with Gasteiger partial charge in [0, 0.05) is 37.0 Å². The third-order valence-electron chi connectivity index (χ3n) is 4.96. The van der Waals surface area contributed by atoms with Crippen LogP contribution in [0.15, 0.2) is 30.6 Å². The molecule has 9 nitrogen and oxygen atoms in total. The number of benzene rings is 1. The summed E-state index contributed by atoms with van der Waals surface area (Å²) in [4.78, 5) is 20.5. The van der Waals surface area contributed by atoms with E-state index >= 15 is 0 Å². The maximum Gasteiger partial charge on any atom is 0.490 e. The molecule has 2 N–H and O–H groups in total. The molecular formula is C22H23ClF4N6O3. The van der Waals surface area contributed by atoms with E-state index in [4.69, 9.17) is 31.2 Å². The molecule has 194 valence electrons. The third-order valence-corrected chi connectivity index (χ3v) is 5.19. The van der Waals surface area contributed by atoms with Gasteiger partial charge in [-0.25, -0.2) is 19.2 Å². The van der Waals surface area contributed by atoms with Crippen LogP contribution in [0.2, 0.25) is 5.02 Å². The number of hydrogen-bond donors (Lipinski definition) is 2. The summed E-state index contributed by atoms with van der Waals surface area (Å²) < 4.78 is 51.6. The second kappa shape index (κ2) is 11.5. The fraction of sp³-hybridized carbons (Fsp3) is 0.409. The Morgan fingerprint density at radius 2 is 1.75 bits per heavy atom. The highest BCUT2D eigenvalue weighted by atomic mass is 35.5. The molecule has 1 aliphatic heterocycles. The number of fused-ring (bicyclic) bond motifs is 1. The van der Waals surface area contributed by atoms with E-state index < -0.39 is 18.0 Å². The van der Waals surface area contributed by atoms with Gasteiger partial charge in [-0.05, 0) is 32.0 Å². The number of carboxylic acid groups (broad SMARTS) is 1. The number of rotatable bonds is 5. The van der Waals surface area contributed by atoms with Crippen LogP contribution < -0.4 is 15.0 Å². The maximum absolute atomic E-state index is 14.0. The van der Waals surface area contributed by atoms with Crippen LogP contribution in [0.25, 0.3) is 11.0 Å². The van der Waals surface area contributed by atoms with Crippen molar-refractivity contribution in [2.45, 2.75) is 45.0 Å². The summed E-state index contributed by atoms with van der Waals surface area (Å²) in [6.07, 6.45) is -0.431. The van der Waals surface area contributed by atoms with Crippen molar-refractivity contribution < 1.29 is 32.2 Å². The molecule has 14 heteroatoms. The van der Waals surface area contributed by atoms with Crippen molar-refractivity contribution in [2.24, 2.45) is 0 Å². The lowest BCUT2D eigenvalue weighted by atomic mass is 10.1. The highest BCUT2D eigenvalue weighted by molar-refractivity contribution is 6.30. The van der Waals surface area contributed by atoms with Crippen LogP contribution in [-0.4, -0.2) is 62.7 Å². The van der Waals surface area contributed by atoms with Gasteiger partial charge in [-0.2, -0.15) is 23.4 Å². The van der Waals surface area contributed by atoms with E-state index in [0.29, 0.717) is 16.1 Å². The number of nitrogens with zero attached hydrogens (tertiary/aromatic N) is 5. The van der Waals surface area contributed by atoms with Gasteiger partial charge in [-0.15, -0.1) is 0 Å². The van der Waals surface area contributed by atoms with E-state index in [-0.39, 0.29) is 17.9 Å². The number of anilines is 2. The molecule has 4 rings (SSSR count). The van der Waals surface area contributed by atoms with Crippen LogP contribution in [0.4, 0.5) is 29.2 Å². The lowest BCUT2D eigenvalue weighted by Gasteiger charge is -2.34. The zero-order valence-corrected chi connectivity index (χ0v) is 20.0. The molecule has 0 saturated carbocycles. The quantitative estimate of drug-likeness (QED) is 0.452. The van der Waals surface area contributed by atoms with Crippen molar-refractivity contribution in [1.29, 1.82) is 0 Å². The molecule has 0 amide bonds. The minimum Gasteiger partial charge on any atom is -0.487 e. The first-order chi connectivity index (χ1) is 16.9. The van der Waals surface area contributed by atoms with Gasteiger partial charge in [0.1, 0.15) is 17.1 Å². The number of aliphatic carboxylic acids is 1. The van der Waals surface area contributed by atoms with Gasteiger partial charge in [-0.3, -0.25) is 0 Å². The molecule has 0 atom stereocenters. The number of aromatic nitrogens is 4. The number of halogens is 5. The van der Waals surface area contributed by atoms with Crippen LogP contribution >= 0.6 is 11.6 Å². The predicted molar refractivity (Wildman–Crippen MR) is 125 cm³/mol. The van der Waals surface area contributed by atoms with Gasteiger partial charge in [0.15, 0.2) is 23.2 Å². The Hall–Kier alpha value is -3.48. The Labute approximate surface area is 208 Å². The first-order valence-electron chi connectivity index (χ1n) is 10.9. The Kier molecular flexibility index (Phi) is 8.66. The Balaban J connectivity index is 0.000000454. The van der Waals surface area contributed by atoms with Crippen molar-refractivity contribution in [3.05, 3.63) is 41.4 Å². The number of carboxylic acids is 1. The number of alkyl halides is 3. The number of carbonyl (C=O) groups is 1. The fourth-order valence-corrected chi connectivity index (χ4v) is 3.50. The van der Waals surface area contributed by atoms with Crippen molar-refractivity contribution in [3.63, 3.8) is 0 Å². The second-order valence-electron chi connectivity index (χ2n) is 8.14. The van der Waals surface area contributed by atoms with Crippen molar-refractivity contribution in [1.82, 2.24) is 20.2 Å². The number of ether oxygens (including phenoxy) is 1. The molecule has 1 aromatic carbocycles. The summed E-state index contributed by atoms with van der Waals surface area (Å²) in [5.74, 6) is -1.45. The van der Waals surface area contributed by atoms with Crippen LogP contribution in [0, 0.1) is 5.82 Å². The molecule has 3 aromatic rings. The van der Waals surface area contributed by atoms with Crippen molar-refractivity contribution in [3.8, 4) is 5.75 Å². The normalized spacial score (nSPS) is 14.4. The molecule has 1 saturated heterocycles. The molecule has 36 heavy (non-hydrogen) atoms. The fourth-order valence-electron chi connectivity index (χ4n) is 3.34. The molecule has 1 fully saturated rings. The van der Waals surface area contributed by atoms with Crippen LogP contribution in [0.5, 0.6) is 5.75 Å². The monoisotopic (exact) mass is 530 g/mol. The molecule has 0 unspecified atom stereocenters. The largest absolute Gasteiger partial charge is 0.490 e. The minimum absolute atomic E-state index is 0.0669. The van der Waals surface area contributed by atoms with Gasteiger partial charge in [0.25, 0.3) is 0 Å². The van der Waals surface area contributed by atoms with Gasteiger partial charge >= 0.3 is 12.1 Å². The Morgan fingerprint density at radius 3 is 2.28 bits per heavy atom. The minimum atomic E-state index is -5.08. The summed E-state index contributed by atoms with van der Waals surface area (Å²) in [6.45, 7) is 5.57. The van der Waals surface area contributed by atoms with E-state index in [1.807, 2.05) is 0 Å². The van der Waals surface area contributed by atoms with Crippen molar-refractivity contribution in [2.75, 3.05) is 23.3 Å². The lowest BCUT2D eigenvalue weighted by molar-refractivity contribution is -0.192. The first kappa shape index (κ1) is 27.1. The van der Waals surface area contributed by atoms with E-state index in [2.05, 4.69) is 39.2 Å². The van der Waals surface area contributed by atoms with Gasteiger partial charge in [0.05, 0.1) is 12.4 Å². The van der Waals surface area contributed by atoms with E-state index in [1.165, 1.54) is 6.07 Å². The van der Waals surface area contributed by atoms with Gasteiger partial charge < -0.3 is 20.1 Å². The van der Waals surface area contributed by atoms with Crippen LogP contribution in [-0.2, 0) is 4.79 Å². The summed E-state index contributed by atoms with van der Waals surface area (Å²) in [5.41, 5.74) is 1.40. The zero-order chi connectivity index (χ0) is 26.5. The number of hydrogen-bond acceptors (Lipinski definition) is 8. The molecule has 0 spiro atoms. The van der Waals surface area contributed by atoms with Crippen LogP contribution in [0.3, 0.4) is 0 Å². The number of nitrogens with one attached hydrogen (secondary N) is 1. The lowest BCUT2D eigenvalue weighted by Crippen LogP contribution is -2.39. The SMILES string of the molecule is CC(C)Nc1nc2cnncc2nc1N1CCC(Oc2ccc(Cl)cc2F)CC1.O=C(O)C(F)(F)F. The number of piperidine rings is 1. The van der Waals surface area contributed by atoms with Crippen molar-refractivity contribution >= 4 is 40.2 Å². The smallest absolute Gasteiger partial charge is 0.487 e. The zero-order valence-electron chi connectivity index (χ0n) is 19.3. The molecule has 0 aliphatic carbocycles. The average Bonchev–Trinajstić information content (AvgIpc) is 2.80. The Bertz CT molecular complexity index is 1210.